The van der Waals surface area contributed by atoms with Gasteiger partial charge in [-0.25, -0.2) is 0 Å². The molecule has 5 heteroatoms. The zero-order valence-electron chi connectivity index (χ0n) is 17.3. The van der Waals surface area contributed by atoms with E-state index in [0.29, 0.717) is 25.3 Å². The molecule has 0 rings (SSSR count). The summed E-state index contributed by atoms with van der Waals surface area (Å²) >= 11 is 0. The molecule has 0 amide bonds. The molecule has 0 saturated carbocycles. The summed E-state index contributed by atoms with van der Waals surface area (Å²) in [7, 11) is -1.19. The number of rotatable bonds is 19. The van der Waals surface area contributed by atoms with Gasteiger partial charge in [0.05, 0.1) is 19.4 Å². The Bertz CT molecular complexity index is 323. The molecular formula is C20H43O4P. The van der Waals surface area contributed by atoms with Crippen LogP contribution in [0.15, 0.2) is 0 Å². The van der Waals surface area contributed by atoms with Gasteiger partial charge < -0.3 is 13.8 Å². The first kappa shape index (κ1) is 25.1. The first-order valence-electron chi connectivity index (χ1n) is 10.4. The fourth-order valence-electron chi connectivity index (χ4n) is 2.64. The number of ether oxygens (including phenoxy) is 1. The van der Waals surface area contributed by atoms with Crippen molar-refractivity contribution in [1.82, 2.24) is 0 Å². The molecule has 0 aliphatic carbocycles. The molecule has 0 aromatic carbocycles. The lowest BCUT2D eigenvalue weighted by Gasteiger charge is -2.19. The van der Waals surface area contributed by atoms with E-state index in [-0.39, 0.29) is 0 Å². The maximum absolute atomic E-state index is 12.9. The maximum atomic E-state index is 12.9. The van der Waals surface area contributed by atoms with Gasteiger partial charge in [-0.3, -0.25) is 4.57 Å². The molecule has 4 nitrogen and oxygen atoms in total. The molecule has 0 spiro atoms. The first-order chi connectivity index (χ1) is 12.1. The van der Waals surface area contributed by atoms with Crippen LogP contribution in [0.25, 0.3) is 0 Å². The largest absolute Gasteiger partial charge is 0.385 e. The molecule has 152 valence electrons. The quantitative estimate of drug-likeness (QED) is 0.183. The Balaban J connectivity index is 3.96. The van der Waals surface area contributed by atoms with E-state index in [1.165, 1.54) is 32.1 Å². The second-order valence-corrected chi connectivity index (χ2v) is 9.34. The molecule has 0 saturated heterocycles. The van der Waals surface area contributed by atoms with Gasteiger partial charge in [0.25, 0.3) is 0 Å². The second kappa shape index (κ2) is 17.5. The van der Waals surface area contributed by atoms with Gasteiger partial charge in [0.1, 0.15) is 0 Å². The highest BCUT2D eigenvalue weighted by Crippen LogP contribution is 2.49. The van der Waals surface area contributed by atoms with Crippen molar-refractivity contribution >= 4 is 7.60 Å². The van der Waals surface area contributed by atoms with Gasteiger partial charge in [0.15, 0.2) is 0 Å². The Morgan fingerprint density at radius 1 is 0.760 bits per heavy atom. The summed E-state index contributed by atoms with van der Waals surface area (Å²) in [6, 6.07) is 0. The average molecular weight is 379 g/mol. The van der Waals surface area contributed by atoms with Crippen LogP contribution < -0.4 is 0 Å². The molecule has 0 radical (unpaired) electrons. The van der Waals surface area contributed by atoms with Crippen LogP contribution in [0.2, 0.25) is 0 Å². The van der Waals surface area contributed by atoms with E-state index in [1.54, 1.807) is 7.11 Å². The van der Waals surface area contributed by atoms with Crippen LogP contribution in [0.4, 0.5) is 0 Å². The van der Waals surface area contributed by atoms with Crippen molar-refractivity contribution in [3.63, 3.8) is 0 Å². The summed E-state index contributed by atoms with van der Waals surface area (Å²) in [6.07, 6.45) is 13.0. The SMILES string of the molecule is CCCCCCCCCOP(=O)(CCCC)OCCC(C)CCOC. The molecule has 0 aromatic heterocycles. The molecule has 2 atom stereocenters. The highest BCUT2D eigenvalue weighted by atomic mass is 31.2. The predicted molar refractivity (Wildman–Crippen MR) is 108 cm³/mol. The molecule has 0 heterocycles. The van der Waals surface area contributed by atoms with Crippen LogP contribution >= 0.6 is 7.60 Å². The minimum atomic E-state index is -2.92. The fraction of sp³-hybridized carbons (Fsp3) is 1.00. The van der Waals surface area contributed by atoms with Crippen molar-refractivity contribution in [3.8, 4) is 0 Å². The monoisotopic (exact) mass is 378 g/mol. The van der Waals surface area contributed by atoms with Gasteiger partial charge in [-0.05, 0) is 31.6 Å². The minimum Gasteiger partial charge on any atom is -0.385 e. The topological polar surface area (TPSA) is 44.8 Å². The molecule has 0 aromatic rings. The van der Waals surface area contributed by atoms with Crippen LogP contribution in [-0.4, -0.2) is 33.1 Å². The fourth-order valence-corrected chi connectivity index (χ4v) is 4.46. The normalized spacial score (nSPS) is 15.2. The standard InChI is InChI=1S/C20H43O4P/c1-5-7-9-10-11-12-13-16-23-25(21,19-8-6-2)24-18-15-20(3)14-17-22-4/h20H,5-19H2,1-4H3. The van der Waals surface area contributed by atoms with Gasteiger partial charge in [0.2, 0.25) is 0 Å². The number of hydrogen-bond donors (Lipinski definition) is 0. The van der Waals surface area contributed by atoms with E-state index in [1.807, 2.05) is 0 Å². The summed E-state index contributed by atoms with van der Waals surface area (Å²) in [6.45, 7) is 8.37. The molecule has 0 aliphatic heterocycles. The molecule has 0 fully saturated rings. The van der Waals surface area contributed by atoms with Crippen LogP contribution in [0.5, 0.6) is 0 Å². The van der Waals surface area contributed by atoms with Crippen molar-refractivity contribution in [2.75, 3.05) is 33.1 Å². The van der Waals surface area contributed by atoms with Crippen molar-refractivity contribution in [2.45, 2.75) is 91.4 Å². The Morgan fingerprint density at radius 3 is 1.96 bits per heavy atom. The third-order valence-electron chi connectivity index (χ3n) is 4.53. The lowest BCUT2D eigenvalue weighted by molar-refractivity contribution is 0.163. The lowest BCUT2D eigenvalue weighted by atomic mass is 10.1. The van der Waals surface area contributed by atoms with Gasteiger partial charge in [-0.1, -0.05) is 65.7 Å². The second-order valence-electron chi connectivity index (χ2n) is 7.15. The Labute approximate surface area is 156 Å². The molecular weight excluding hydrogens is 335 g/mol. The van der Waals surface area contributed by atoms with Crippen LogP contribution in [0, 0.1) is 5.92 Å². The highest BCUT2D eigenvalue weighted by molar-refractivity contribution is 7.53. The number of unbranched alkanes of at least 4 members (excludes halogenated alkanes) is 7. The summed E-state index contributed by atoms with van der Waals surface area (Å²) in [5.41, 5.74) is 0. The molecule has 0 N–H and O–H groups in total. The van der Waals surface area contributed by atoms with Crippen LogP contribution in [0.1, 0.15) is 91.4 Å². The zero-order chi connectivity index (χ0) is 18.8. The minimum absolute atomic E-state index is 0.516. The maximum Gasteiger partial charge on any atom is 0.330 e. The summed E-state index contributed by atoms with van der Waals surface area (Å²) < 4.78 is 29.4. The van der Waals surface area contributed by atoms with E-state index in [2.05, 4.69) is 20.8 Å². The predicted octanol–water partition coefficient (Wildman–Crippen LogP) is 6.83. The summed E-state index contributed by atoms with van der Waals surface area (Å²) in [5, 5.41) is 0. The van der Waals surface area contributed by atoms with Gasteiger partial charge in [0, 0.05) is 13.7 Å². The van der Waals surface area contributed by atoms with Crippen LogP contribution in [-0.2, 0) is 18.3 Å². The van der Waals surface area contributed by atoms with E-state index < -0.39 is 7.60 Å². The summed E-state index contributed by atoms with van der Waals surface area (Å²) in [5.74, 6) is 0.516. The van der Waals surface area contributed by atoms with Crippen LogP contribution in [0.3, 0.4) is 0 Å². The van der Waals surface area contributed by atoms with Gasteiger partial charge >= 0.3 is 7.60 Å². The Hall–Kier alpha value is 0.110. The van der Waals surface area contributed by atoms with Gasteiger partial charge in [-0.2, -0.15) is 0 Å². The van der Waals surface area contributed by atoms with Crippen molar-refractivity contribution in [3.05, 3.63) is 0 Å². The lowest BCUT2D eigenvalue weighted by Crippen LogP contribution is -2.07. The Morgan fingerprint density at radius 2 is 1.32 bits per heavy atom. The Kier molecular flexibility index (Phi) is 17.6. The van der Waals surface area contributed by atoms with E-state index in [9.17, 15) is 4.57 Å². The average Bonchev–Trinajstić information content (AvgIpc) is 2.60. The summed E-state index contributed by atoms with van der Waals surface area (Å²) in [4.78, 5) is 0. The first-order valence-corrected chi connectivity index (χ1v) is 12.2. The third-order valence-corrected chi connectivity index (χ3v) is 6.55. The zero-order valence-corrected chi connectivity index (χ0v) is 18.2. The highest BCUT2D eigenvalue weighted by Gasteiger charge is 2.23. The molecule has 25 heavy (non-hydrogen) atoms. The molecule has 0 aliphatic rings. The van der Waals surface area contributed by atoms with Gasteiger partial charge in [-0.15, -0.1) is 0 Å². The van der Waals surface area contributed by atoms with Crippen molar-refractivity contribution in [1.29, 1.82) is 0 Å². The van der Waals surface area contributed by atoms with Crippen molar-refractivity contribution in [2.24, 2.45) is 5.92 Å². The van der Waals surface area contributed by atoms with Crippen molar-refractivity contribution < 1.29 is 18.3 Å². The number of hydrogen-bond acceptors (Lipinski definition) is 4. The smallest absolute Gasteiger partial charge is 0.330 e. The third kappa shape index (κ3) is 16.0. The molecule has 0 bridgehead atoms. The van der Waals surface area contributed by atoms with E-state index >= 15 is 0 Å². The van der Waals surface area contributed by atoms with E-state index in [4.69, 9.17) is 13.8 Å². The van der Waals surface area contributed by atoms with E-state index in [0.717, 1.165) is 45.1 Å². The molecule has 2 unspecified atom stereocenters. The number of methoxy groups -OCH3 is 1.